The molecule has 1 fully saturated rings. The zero-order valence-electron chi connectivity index (χ0n) is 17.6. The van der Waals surface area contributed by atoms with Crippen LogP contribution in [0.15, 0.2) is 65.6 Å². The molecule has 2 amide bonds. The first-order chi connectivity index (χ1) is 15.0. The molecule has 0 aliphatic carbocycles. The third kappa shape index (κ3) is 4.30. The first-order valence-corrected chi connectivity index (χ1v) is 10.8. The van der Waals surface area contributed by atoms with Crippen LogP contribution < -0.4 is 9.47 Å². The van der Waals surface area contributed by atoms with E-state index in [2.05, 4.69) is 18.2 Å². The summed E-state index contributed by atoms with van der Waals surface area (Å²) in [5.41, 5.74) is 1.86. The minimum atomic E-state index is -0.264. The highest BCUT2D eigenvalue weighted by molar-refractivity contribution is 8.18. The molecule has 158 valence electrons. The van der Waals surface area contributed by atoms with Gasteiger partial charge in [0.25, 0.3) is 11.1 Å². The Morgan fingerprint density at radius 3 is 2.52 bits per heavy atom. The van der Waals surface area contributed by atoms with Crippen molar-refractivity contribution in [2.45, 2.75) is 26.5 Å². The fourth-order valence-electron chi connectivity index (χ4n) is 3.54. The predicted molar refractivity (Wildman–Crippen MR) is 124 cm³/mol. The highest BCUT2D eigenvalue weighted by Gasteiger charge is 2.36. The number of benzene rings is 3. The lowest BCUT2D eigenvalue weighted by atomic mass is 10.1. The van der Waals surface area contributed by atoms with Gasteiger partial charge < -0.3 is 9.47 Å². The van der Waals surface area contributed by atoms with Crippen molar-refractivity contribution in [3.63, 3.8) is 0 Å². The van der Waals surface area contributed by atoms with Crippen molar-refractivity contribution in [1.29, 1.82) is 0 Å². The molecular weight excluding hydrogens is 410 g/mol. The fourth-order valence-corrected chi connectivity index (χ4v) is 4.50. The van der Waals surface area contributed by atoms with E-state index in [4.69, 9.17) is 9.47 Å². The van der Waals surface area contributed by atoms with Gasteiger partial charge in [0.05, 0.1) is 12.0 Å². The van der Waals surface area contributed by atoms with E-state index in [0.29, 0.717) is 23.0 Å². The number of carbonyl (C=O) groups is 2. The van der Waals surface area contributed by atoms with Crippen molar-refractivity contribution < 1.29 is 19.1 Å². The molecule has 0 saturated carbocycles. The largest absolute Gasteiger partial charge is 0.493 e. The molecule has 1 aliphatic heterocycles. The van der Waals surface area contributed by atoms with E-state index in [1.807, 2.05) is 56.3 Å². The Morgan fingerprint density at radius 1 is 1.00 bits per heavy atom. The molecule has 0 bridgehead atoms. The van der Waals surface area contributed by atoms with Crippen LogP contribution in [0.5, 0.6) is 11.5 Å². The molecule has 0 unspecified atom stereocenters. The van der Waals surface area contributed by atoms with Gasteiger partial charge in [0.2, 0.25) is 0 Å². The molecule has 0 aromatic heterocycles. The van der Waals surface area contributed by atoms with Gasteiger partial charge in [-0.05, 0) is 65.7 Å². The number of thioether (sulfide) groups is 1. The van der Waals surface area contributed by atoms with Crippen LogP contribution >= 0.6 is 11.8 Å². The monoisotopic (exact) mass is 433 g/mol. The van der Waals surface area contributed by atoms with Crippen LogP contribution in [0.4, 0.5) is 4.79 Å². The van der Waals surface area contributed by atoms with Crippen LogP contribution in [0.25, 0.3) is 16.8 Å². The van der Waals surface area contributed by atoms with Crippen LogP contribution in [0.1, 0.15) is 25.0 Å². The minimum Gasteiger partial charge on any atom is -0.493 e. The van der Waals surface area contributed by atoms with Crippen LogP contribution in [0.2, 0.25) is 0 Å². The highest BCUT2D eigenvalue weighted by atomic mass is 32.2. The molecule has 1 aliphatic rings. The van der Waals surface area contributed by atoms with Gasteiger partial charge in [-0.15, -0.1) is 0 Å². The summed E-state index contributed by atoms with van der Waals surface area (Å²) in [7, 11) is 1.58. The van der Waals surface area contributed by atoms with Gasteiger partial charge in [-0.25, -0.2) is 0 Å². The number of ether oxygens (including phenoxy) is 2. The molecule has 31 heavy (non-hydrogen) atoms. The van der Waals surface area contributed by atoms with Gasteiger partial charge in [0.15, 0.2) is 11.5 Å². The molecular formula is C25H23NO4S. The summed E-state index contributed by atoms with van der Waals surface area (Å²) in [6, 6.07) is 19.7. The summed E-state index contributed by atoms with van der Waals surface area (Å²) in [4.78, 5) is 26.3. The maximum Gasteiger partial charge on any atom is 0.293 e. The first kappa shape index (κ1) is 21.0. The summed E-state index contributed by atoms with van der Waals surface area (Å²) in [6.45, 7) is 4.05. The smallest absolute Gasteiger partial charge is 0.293 e. The summed E-state index contributed by atoms with van der Waals surface area (Å²) >= 11 is 0.958. The molecule has 3 aromatic rings. The molecule has 0 radical (unpaired) electrons. The van der Waals surface area contributed by atoms with Crippen molar-refractivity contribution in [2.75, 3.05) is 7.11 Å². The van der Waals surface area contributed by atoms with E-state index in [0.717, 1.165) is 28.3 Å². The van der Waals surface area contributed by atoms with Crippen LogP contribution in [0.3, 0.4) is 0 Å². The van der Waals surface area contributed by atoms with Crippen molar-refractivity contribution in [1.82, 2.24) is 4.90 Å². The molecule has 4 rings (SSSR count). The Balaban J connectivity index is 1.55. The predicted octanol–water partition coefficient (Wildman–Crippen LogP) is 5.87. The Hall–Kier alpha value is -3.25. The zero-order chi connectivity index (χ0) is 22.0. The number of methoxy groups -OCH3 is 1. The van der Waals surface area contributed by atoms with Gasteiger partial charge in [-0.1, -0.05) is 48.5 Å². The number of hydrogen-bond acceptors (Lipinski definition) is 5. The molecule has 0 spiro atoms. The number of rotatable bonds is 6. The fraction of sp³-hybridized carbons (Fsp3) is 0.200. The van der Waals surface area contributed by atoms with Crippen LogP contribution in [0, 0.1) is 0 Å². The first-order valence-electron chi connectivity index (χ1n) is 10.0. The molecule has 6 heteroatoms. The van der Waals surface area contributed by atoms with Gasteiger partial charge in [-0.2, -0.15) is 0 Å². The van der Waals surface area contributed by atoms with E-state index in [1.54, 1.807) is 13.2 Å². The summed E-state index contributed by atoms with van der Waals surface area (Å²) in [6.07, 6.45) is 1.71. The zero-order valence-corrected chi connectivity index (χ0v) is 18.4. The maximum atomic E-state index is 12.5. The van der Waals surface area contributed by atoms with E-state index in [1.165, 1.54) is 10.3 Å². The standard InChI is InChI=1S/C25H23NO4S/c1-16(2)26-24(27)23(31-25(26)28)14-17-11-12-21(22(13-17)29-3)30-15-19-9-6-8-18-7-4-5-10-20(18)19/h4-14,16H,15H2,1-3H3/b23-14-. The highest BCUT2D eigenvalue weighted by Crippen LogP contribution is 2.35. The normalized spacial score (nSPS) is 15.4. The van der Waals surface area contributed by atoms with E-state index < -0.39 is 0 Å². The number of fused-ring (bicyclic) bond motifs is 1. The Bertz CT molecular complexity index is 1180. The average molecular weight is 434 g/mol. The topological polar surface area (TPSA) is 55.8 Å². The van der Waals surface area contributed by atoms with Crippen LogP contribution in [-0.2, 0) is 11.4 Å². The SMILES string of the molecule is COc1cc(/C=C2\SC(=O)N(C(C)C)C2=O)ccc1OCc1cccc2ccccc12. The number of hydrogen-bond donors (Lipinski definition) is 0. The summed E-state index contributed by atoms with van der Waals surface area (Å²) in [5.74, 6) is 0.917. The quantitative estimate of drug-likeness (QED) is 0.455. The van der Waals surface area contributed by atoms with E-state index in [-0.39, 0.29) is 17.2 Å². The van der Waals surface area contributed by atoms with Gasteiger partial charge >= 0.3 is 0 Å². The number of carbonyl (C=O) groups excluding carboxylic acids is 2. The van der Waals surface area contributed by atoms with E-state index >= 15 is 0 Å². The number of imide groups is 1. The van der Waals surface area contributed by atoms with Gasteiger partial charge in [-0.3, -0.25) is 14.5 Å². The lowest BCUT2D eigenvalue weighted by Gasteiger charge is -2.16. The molecule has 5 nitrogen and oxygen atoms in total. The van der Waals surface area contributed by atoms with Gasteiger partial charge in [0.1, 0.15) is 6.61 Å². The molecule has 0 atom stereocenters. The lowest BCUT2D eigenvalue weighted by molar-refractivity contribution is -0.123. The van der Waals surface area contributed by atoms with Crippen LogP contribution in [-0.4, -0.2) is 29.2 Å². The second-order valence-corrected chi connectivity index (χ2v) is 8.48. The van der Waals surface area contributed by atoms with Crippen molar-refractivity contribution in [2.24, 2.45) is 0 Å². The molecule has 0 N–H and O–H groups in total. The molecule has 3 aromatic carbocycles. The Morgan fingerprint density at radius 2 is 1.77 bits per heavy atom. The Labute approximate surface area is 185 Å². The lowest BCUT2D eigenvalue weighted by Crippen LogP contribution is -2.34. The van der Waals surface area contributed by atoms with Crippen molar-refractivity contribution in [3.05, 3.63) is 76.7 Å². The molecule has 1 saturated heterocycles. The van der Waals surface area contributed by atoms with Crippen molar-refractivity contribution in [3.8, 4) is 11.5 Å². The second kappa shape index (κ2) is 8.86. The van der Waals surface area contributed by atoms with E-state index in [9.17, 15) is 9.59 Å². The third-order valence-electron chi connectivity index (χ3n) is 5.09. The summed E-state index contributed by atoms with van der Waals surface area (Å²) < 4.78 is 11.6. The minimum absolute atomic E-state index is 0.169. The van der Waals surface area contributed by atoms with Gasteiger partial charge in [0, 0.05) is 6.04 Å². The number of amides is 2. The third-order valence-corrected chi connectivity index (χ3v) is 5.97. The van der Waals surface area contributed by atoms with Crippen molar-refractivity contribution >= 4 is 39.8 Å². The Kier molecular flexibility index (Phi) is 6.00. The summed E-state index contributed by atoms with van der Waals surface area (Å²) in [5, 5.41) is 2.08. The number of nitrogens with zero attached hydrogens (tertiary/aromatic N) is 1. The average Bonchev–Trinajstić information content (AvgIpc) is 3.05. The second-order valence-electron chi connectivity index (χ2n) is 7.48. The molecule has 1 heterocycles. The maximum absolute atomic E-state index is 12.5.